The van der Waals surface area contributed by atoms with Crippen LogP contribution in [0.15, 0.2) is 28.6 Å². The molecule has 1 fully saturated rings. The molecular weight excluding hydrogens is 396 g/mol. The van der Waals surface area contributed by atoms with E-state index >= 15 is 0 Å². The standard InChI is InChI=1S/C19H24N4O3S2/c1-12(2)17(25)21-14-7-5-13(6-8-14)16(24)11-27-19-23-22-18(28-19)20-10-15-4-3-9-26-15/h5-8,12,15H,3-4,9-11H2,1-2H3,(H,20,22)(H,21,25). The van der Waals surface area contributed by atoms with Crippen molar-refractivity contribution in [3.05, 3.63) is 29.8 Å². The Morgan fingerprint density at radius 3 is 2.75 bits per heavy atom. The predicted octanol–water partition coefficient (Wildman–Crippen LogP) is 3.70. The number of benzene rings is 1. The van der Waals surface area contributed by atoms with E-state index in [0.717, 1.165) is 35.5 Å². The maximum atomic E-state index is 12.4. The van der Waals surface area contributed by atoms with Gasteiger partial charge in [0.15, 0.2) is 10.1 Å². The minimum Gasteiger partial charge on any atom is -0.376 e. The van der Waals surface area contributed by atoms with E-state index in [1.54, 1.807) is 24.3 Å². The molecule has 2 aromatic rings. The van der Waals surface area contributed by atoms with E-state index in [2.05, 4.69) is 20.8 Å². The second kappa shape index (κ2) is 9.99. The molecule has 0 aliphatic carbocycles. The van der Waals surface area contributed by atoms with Crippen molar-refractivity contribution in [2.45, 2.75) is 37.1 Å². The van der Waals surface area contributed by atoms with Gasteiger partial charge in [-0.15, -0.1) is 10.2 Å². The van der Waals surface area contributed by atoms with Crippen molar-refractivity contribution in [3.8, 4) is 0 Å². The van der Waals surface area contributed by atoms with E-state index in [0.29, 0.717) is 11.3 Å². The number of carbonyl (C=O) groups is 2. The molecule has 150 valence electrons. The van der Waals surface area contributed by atoms with Gasteiger partial charge in [0.05, 0.1) is 11.9 Å². The third-order valence-electron chi connectivity index (χ3n) is 4.24. The molecule has 28 heavy (non-hydrogen) atoms. The van der Waals surface area contributed by atoms with Crippen LogP contribution in [0.5, 0.6) is 0 Å². The molecule has 1 atom stereocenters. The van der Waals surface area contributed by atoms with Crippen molar-refractivity contribution in [2.24, 2.45) is 5.92 Å². The zero-order valence-corrected chi connectivity index (χ0v) is 17.6. The lowest BCUT2D eigenvalue weighted by Gasteiger charge is -2.08. The van der Waals surface area contributed by atoms with Crippen LogP contribution in [0.3, 0.4) is 0 Å². The number of ketones is 1. The molecule has 1 aliphatic heterocycles. The number of hydrogen-bond acceptors (Lipinski definition) is 8. The zero-order valence-electron chi connectivity index (χ0n) is 15.9. The first kappa shape index (κ1) is 20.8. The number of hydrogen-bond donors (Lipinski definition) is 2. The molecule has 1 unspecified atom stereocenters. The fourth-order valence-electron chi connectivity index (χ4n) is 2.58. The van der Waals surface area contributed by atoms with Gasteiger partial charge in [-0.05, 0) is 37.1 Å². The molecule has 0 radical (unpaired) electrons. The first-order valence-corrected chi connectivity index (χ1v) is 11.1. The van der Waals surface area contributed by atoms with E-state index in [4.69, 9.17) is 4.74 Å². The normalized spacial score (nSPS) is 16.3. The predicted molar refractivity (Wildman–Crippen MR) is 112 cm³/mol. The van der Waals surface area contributed by atoms with Crippen molar-refractivity contribution in [1.82, 2.24) is 10.2 Å². The second-order valence-electron chi connectivity index (χ2n) is 6.82. The molecule has 2 heterocycles. The summed E-state index contributed by atoms with van der Waals surface area (Å²) in [6.07, 6.45) is 2.42. The smallest absolute Gasteiger partial charge is 0.226 e. The lowest BCUT2D eigenvalue weighted by Crippen LogP contribution is -2.18. The van der Waals surface area contributed by atoms with Crippen molar-refractivity contribution < 1.29 is 14.3 Å². The highest BCUT2D eigenvalue weighted by atomic mass is 32.2. The average molecular weight is 421 g/mol. The maximum absolute atomic E-state index is 12.4. The number of aromatic nitrogens is 2. The van der Waals surface area contributed by atoms with Gasteiger partial charge in [-0.25, -0.2) is 0 Å². The van der Waals surface area contributed by atoms with E-state index in [1.807, 2.05) is 13.8 Å². The summed E-state index contributed by atoms with van der Waals surface area (Å²) >= 11 is 2.82. The highest BCUT2D eigenvalue weighted by Crippen LogP contribution is 2.26. The Kier molecular flexibility index (Phi) is 7.41. The molecule has 0 saturated carbocycles. The largest absolute Gasteiger partial charge is 0.376 e. The van der Waals surface area contributed by atoms with Crippen LogP contribution in [-0.4, -0.2) is 46.9 Å². The second-order valence-corrected chi connectivity index (χ2v) is 9.02. The fraction of sp³-hybridized carbons (Fsp3) is 0.474. The first-order valence-electron chi connectivity index (χ1n) is 9.27. The number of carbonyl (C=O) groups excluding carboxylic acids is 2. The molecule has 2 N–H and O–H groups in total. The summed E-state index contributed by atoms with van der Waals surface area (Å²) in [7, 11) is 0. The van der Waals surface area contributed by atoms with E-state index in [-0.39, 0.29) is 29.5 Å². The summed E-state index contributed by atoms with van der Waals surface area (Å²) in [4.78, 5) is 24.1. The first-order chi connectivity index (χ1) is 13.5. The van der Waals surface area contributed by atoms with Crippen LogP contribution >= 0.6 is 23.1 Å². The van der Waals surface area contributed by atoms with Gasteiger partial charge in [0, 0.05) is 30.3 Å². The third kappa shape index (κ3) is 6.02. The van der Waals surface area contributed by atoms with Gasteiger partial charge < -0.3 is 15.4 Å². The third-order valence-corrected chi connectivity index (χ3v) is 6.25. The van der Waals surface area contributed by atoms with Crippen LogP contribution in [0.2, 0.25) is 0 Å². The Labute approximate surface area is 172 Å². The molecule has 0 bridgehead atoms. The van der Waals surface area contributed by atoms with Crippen LogP contribution in [0.25, 0.3) is 0 Å². The van der Waals surface area contributed by atoms with Crippen molar-refractivity contribution >= 4 is 45.6 Å². The highest BCUT2D eigenvalue weighted by molar-refractivity contribution is 8.01. The van der Waals surface area contributed by atoms with Crippen LogP contribution in [0.4, 0.5) is 10.8 Å². The van der Waals surface area contributed by atoms with Crippen LogP contribution in [-0.2, 0) is 9.53 Å². The fourth-order valence-corrected chi connectivity index (χ4v) is 4.24. The van der Waals surface area contributed by atoms with Gasteiger partial charge in [-0.3, -0.25) is 9.59 Å². The Balaban J connectivity index is 1.45. The molecular formula is C19H24N4O3S2. The van der Waals surface area contributed by atoms with Crippen LogP contribution in [0, 0.1) is 5.92 Å². The number of amides is 1. The lowest BCUT2D eigenvalue weighted by atomic mass is 10.1. The number of nitrogens with one attached hydrogen (secondary N) is 2. The zero-order chi connectivity index (χ0) is 19.9. The SMILES string of the molecule is CC(C)C(=O)Nc1ccc(C(=O)CSc2nnc(NCC3CCCO3)s2)cc1. The van der Waals surface area contributed by atoms with Gasteiger partial charge in [0.25, 0.3) is 0 Å². The van der Waals surface area contributed by atoms with Gasteiger partial charge in [-0.1, -0.05) is 36.9 Å². The lowest BCUT2D eigenvalue weighted by molar-refractivity contribution is -0.118. The van der Waals surface area contributed by atoms with Crippen LogP contribution in [0.1, 0.15) is 37.0 Å². The number of anilines is 2. The van der Waals surface area contributed by atoms with Crippen LogP contribution < -0.4 is 10.6 Å². The quantitative estimate of drug-likeness (QED) is 0.472. The summed E-state index contributed by atoms with van der Waals surface area (Å²) in [6, 6.07) is 6.95. The summed E-state index contributed by atoms with van der Waals surface area (Å²) in [5.74, 6) is 0.165. The molecule has 0 spiro atoms. The molecule has 3 rings (SSSR count). The van der Waals surface area contributed by atoms with E-state index in [1.165, 1.54) is 23.1 Å². The molecule has 1 saturated heterocycles. The molecule has 1 aromatic heterocycles. The van der Waals surface area contributed by atoms with Gasteiger partial charge >= 0.3 is 0 Å². The molecule has 1 aliphatic rings. The maximum Gasteiger partial charge on any atom is 0.226 e. The minimum atomic E-state index is -0.0883. The van der Waals surface area contributed by atoms with Crippen molar-refractivity contribution in [2.75, 3.05) is 29.5 Å². The van der Waals surface area contributed by atoms with Crippen molar-refractivity contribution in [3.63, 3.8) is 0 Å². The number of rotatable bonds is 9. The molecule has 9 heteroatoms. The number of thioether (sulfide) groups is 1. The number of nitrogens with zero attached hydrogens (tertiary/aromatic N) is 2. The Hall–Kier alpha value is -1.97. The van der Waals surface area contributed by atoms with Gasteiger partial charge in [0.2, 0.25) is 11.0 Å². The number of ether oxygens (including phenoxy) is 1. The molecule has 7 nitrogen and oxygen atoms in total. The number of Topliss-reactive ketones (excluding diaryl/α,β-unsaturated/α-hetero) is 1. The van der Waals surface area contributed by atoms with Gasteiger partial charge in [0.1, 0.15) is 0 Å². The minimum absolute atomic E-state index is 0.0100. The van der Waals surface area contributed by atoms with Crippen molar-refractivity contribution in [1.29, 1.82) is 0 Å². The Morgan fingerprint density at radius 1 is 1.29 bits per heavy atom. The Bertz CT molecular complexity index is 802. The van der Waals surface area contributed by atoms with E-state index < -0.39 is 0 Å². The molecule has 1 amide bonds. The Morgan fingerprint density at radius 2 is 2.07 bits per heavy atom. The highest BCUT2D eigenvalue weighted by Gasteiger charge is 2.16. The summed E-state index contributed by atoms with van der Waals surface area (Å²) in [5.41, 5.74) is 1.30. The monoisotopic (exact) mass is 420 g/mol. The average Bonchev–Trinajstić information content (AvgIpc) is 3.36. The topological polar surface area (TPSA) is 93.2 Å². The summed E-state index contributed by atoms with van der Waals surface area (Å²) < 4.78 is 6.33. The summed E-state index contributed by atoms with van der Waals surface area (Å²) in [5, 5.41) is 15.0. The molecule has 1 aromatic carbocycles. The summed E-state index contributed by atoms with van der Waals surface area (Å²) in [6.45, 7) is 5.23. The van der Waals surface area contributed by atoms with Gasteiger partial charge in [-0.2, -0.15) is 0 Å². The van der Waals surface area contributed by atoms with E-state index in [9.17, 15) is 9.59 Å².